The van der Waals surface area contributed by atoms with Crippen LogP contribution >= 0.6 is 0 Å². The zero-order valence-electron chi connectivity index (χ0n) is 13.6. The molecule has 1 N–H and O–H groups in total. The Balaban J connectivity index is 1.81. The largest absolute Gasteiger partial charge is 0.489 e. The topological polar surface area (TPSA) is 72.8 Å². The van der Waals surface area contributed by atoms with E-state index in [0.717, 1.165) is 5.57 Å². The van der Waals surface area contributed by atoms with E-state index in [2.05, 4.69) is 6.58 Å². The molecule has 3 rings (SSSR count). The first-order chi connectivity index (χ1) is 11.9. The molecule has 0 saturated heterocycles. The molecule has 2 aromatic carbocycles. The number of aromatic carboxylic acids is 1. The van der Waals surface area contributed by atoms with Gasteiger partial charge in [-0.15, -0.1) is 0 Å². The van der Waals surface area contributed by atoms with E-state index in [1.165, 1.54) is 12.1 Å². The molecule has 0 saturated carbocycles. The molecule has 2 aromatic rings. The summed E-state index contributed by atoms with van der Waals surface area (Å²) in [6.07, 6.45) is 1.59. The molecule has 1 aliphatic rings. The van der Waals surface area contributed by atoms with Crippen molar-refractivity contribution in [2.75, 3.05) is 6.61 Å². The van der Waals surface area contributed by atoms with Gasteiger partial charge in [0, 0.05) is 6.07 Å². The van der Waals surface area contributed by atoms with Crippen LogP contribution in [0.4, 0.5) is 0 Å². The van der Waals surface area contributed by atoms with Gasteiger partial charge in [0.15, 0.2) is 5.76 Å². The molecule has 0 unspecified atom stereocenters. The van der Waals surface area contributed by atoms with Crippen molar-refractivity contribution < 1.29 is 24.2 Å². The third-order valence-corrected chi connectivity index (χ3v) is 3.58. The molecule has 1 aliphatic heterocycles. The Bertz CT molecular complexity index is 891. The molecule has 5 nitrogen and oxygen atoms in total. The summed E-state index contributed by atoms with van der Waals surface area (Å²) < 4.78 is 11.2. The molecule has 25 heavy (non-hydrogen) atoms. The molecular weight excluding hydrogens is 320 g/mol. The fraction of sp³-hybridized carbons (Fsp3) is 0.100. The summed E-state index contributed by atoms with van der Waals surface area (Å²) in [5.41, 5.74) is 2.22. The van der Waals surface area contributed by atoms with E-state index in [-0.39, 0.29) is 17.1 Å². The van der Waals surface area contributed by atoms with Gasteiger partial charge in [-0.1, -0.05) is 18.7 Å². The molecule has 0 aromatic heterocycles. The summed E-state index contributed by atoms with van der Waals surface area (Å²) in [7, 11) is 0. The maximum Gasteiger partial charge on any atom is 0.335 e. The quantitative estimate of drug-likeness (QED) is 0.661. The number of ketones is 1. The highest BCUT2D eigenvalue weighted by atomic mass is 16.5. The van der Waals surface area contributed by atoms with Crippen molar-refractivity contribution in [1.29, 1.82) is 0 Å². The number of benzene rings is 2. The van der Waals surface area contributed by atoms with Gasteiger partial charge in [0.2, 0.25) is 5.78 Å². The Morgan fingerprint density at radius 1 is 1.24 bits per heavy atom. The molecule has 0 amide bonds. The van der Waals surface area contributed by atoms with Crippen LogP contribution in [0.2, 0.25) is 0 Å². The average Bonchev–Trinajstić information content (AvgIpc) is 2.89. The van der Waals surface area contributed by atoms with Crippen molar-refractivity contribution in [2.45, 2.75) is 6.92 Å². The SMILES string of the molecule is C=C(C)COc1ccc2c(c1)O/C(=C\c1ccc(C(=O)O)cc1)C2=O. The van der Waals surface area contributed by atoms with E-state index >= 15 is 0 Å². The predicted octanol–water partition coefficient (Wildman–Crippen LogP) is 3.96. The van der Waals surface area contributed by atoms with Crippen LogP contribution in [-0.4, -0.2) is 23.5 Å². The van der Waals surface area contributed by atoms with Crippen LogP contribution in [0.1, 0.15) is 33.2 Å². The molecule has 0 atom stereocenters. The third kappa shape index (κ3) is 3.61. The highest BCUT2D eigenvalue weighted by Gasteiger charge is 2.27. The van der Waals surface area contributed by atoms with E-state index in [9.17, 15) is 9.59 Å². The van der Waals surface area contributed by atoms with Gasteiger partial charge in [-0.2, -0.15) is 0 Å². The van der Waals surface area contributed by atoms with Gasteiger partial charge in [0.25, 0.3) is 0 Å². The Morgan fingerprint density at radius 2 is 1.96 bits per heavy atom. The highest BCUT2D eigenvalue weighted by Crippen LogP contribution is 2.35. The van der Waals surface area contributed by atoms with Gasteiger partial charge in [0.1, 0.15) is 18.1 Å². The van der Waals surface area contributed by atoms with Gasteiger partial charge < -0.3 is 14.6 Å². The maximum atomic E-state index is 12.4. The van der Waals surface area contributed by atoms with E-state index in [4.69, 9.17) is 14.6 Å². The summed E-state index contributed by atoms with van der Waals surface area (Å²) in [5, 5.41) is 8.91. The number of hydrogen-bond acceptors (Lipinski definition) is 4. The van der Waals surface area contributed by atoms with E-state index in [1.807, 2.05) is 6.92 Å². The minimum atomic E-state index is -0.998. The second-order valence-electron chi connectivity index (χ2n) is 5.77. The molecule has 0 radical (unpaired) electrons. The number of Topliss-reactive ketones (excluding diaryl/α,β-unsaturated/α-hetero) is 1. The Hall–Kier alpha value is -3.34. The zero-order valence-corrected chi connectivity index (χ0v) is 13.6. The summed E-state index contributed by atoms with van der Waals surface area (Å²) in [5.74, 6) is 0.0141. The fourth-order valence-corrected chi connectivity index (χ4v) is 2.34. The second-order valence-corrected chi connectivity index (χ2v) is 5.77. The van der Waals surface area contributed by atoms with Gasteiger partial charge in [-0.25, -0.2) is 4.79 Å². The minimum absolute atomic E-state index is 0.184. The van der Waals surface area contributed by atoms with Crippen molar-refractivity contribution in [3.8, 4) is 11.5 Å². The smallest absolute Gasteiger partial charge is 0.335 e. The number of carboxylic acid groups (broad SMARTS) is 1. The van der Waals surface area contributed by atoms with Crippen molar-refractivity contribution in [3.63, 3.8) is 0 Å². The van der Waals surface area contributed by atoms with Gasteiger partial charge in [0.05, 0.1) is 11.1 Å². The van der Waals surface area contributed by atoms with Crippen LogP contribution in [0.5, 0.6) is 11.5 Å². The standard InChI is InChI=1S/C20H16O5/c1-12(2)11-24-15-7-8-16-17(10-15)25-18(19(16)21)9-13-3-5-14(6-4-13)20(22)23/h3-10H,1,11H2,2H3,(H,22,23)/b18-9-. The Kier molecular flexibility index (Phi) is 4.39. The van der Waals surface area contributed by atoms with Crippen LogP contribution in [0.25, 0.3) is 6.08 Å². The number of carboxylic acids is 1. The minimum Gasteiger partial charge on any atom is -0.489 e. The molecule has 0 bridgehead atoms. The fourth-order valence-electron chi connectivity index (χ4n) is 2.34. The number of hydrogen-bond donors (Lipinski definition) is 1. The summed E-state index contributed by atoms with van der Waals surface area (Å²) in [6, 6.07) is 11.3. The van der Waals surface area contributed by atoms with E-state index in [1.54, 1.807) is 36.4 Å². The monoisotopic (exact) mass is 336 g/mol. The number of fused-ring (bicyclic) bond motifs is 1. The second kappa shape index (κ2) is 6.65. The normalized spacial score (nSPS) is 14.1. The zero-order chi connectivity index (χ0) is 18.0. The molecule has 1 heterocycles. The van der Waals surface area contributed by atoms with E-state index in [0.29, 0.717) is 29.2 Å². The molecule has 126 valence electrons. The lowest BCUT2D eigenvalue weighted by Gasteiger charge is -2.06. The number of carbonyl (C=O) groups is 2. The van der Waals surface area contributed by atoms with Crippen LogP contribution in [-0.2, 0) is 0 Å². The first-order valence-corrected chi connectivity index (χ1v) is 7.63. The molecule has 5 heteroatoms. The average molecular weight is 336 g/mol. The first kappa shape index (κ1) is 16.5. The number of carbonyl (C=O) groups excluding carboxylic acids is 1. The summed E-state index contributed by atoms with van der Waals surface area (Å²) in [6.45, 7) is 6.03. The van der Waals surface area contributed by atoms with E-state index < -0.39 is 5.97 Å². The highest BCUT2D eigenvalue weighted by molar-refractivity contribution is 6.14. The lowest BCUT2D eigenvalue weighted by atomic mass is 10.1. The van der Waals surface area contributed by atoms with Crippen molar-refractivity contribution >= 4 is 17.8 Å². The van der Waals surface area contributed by atoms with Crippen LogP contribution in [0.15, 0.2) is 60.4 Å². The molecule has 0 aliphatic carbocycles. The maximum absolute atomic E-state index is 12.4. The van der Waals surface area contributed by atoms with Gasteiger partial charge >= 0.3 is 5.97 Å². The van der Waals surface area contributed by atoms with Crippen molar-refractivity contribution in [2.24, 2.45) is 0 Å². The lowest BCUT2D eigenvalue weighted by molar-refractivity contribution is 0.0696. The van der Waals surface area contributed by atoms with Crippen molar-refractivity contribution in [3.05, 3.63) is 77.1 Å². The molecule has 0 spiro atoms. The number of allylic oxidation sites excluding steroid dienone is 1. The third-order valence-electron chi connectivity index (χ3n) is 3.58. The number of rotatable bonds is 5. The predicted molar refractivity (Wildman–Crippen MR) is 93.1 cm³/mol. The van der Waals surface area contributed by atoms with Crippen molar-refractivity contribution in [1.82, 2.24) is 0 Å². The molecule has 0 fully saturated rings. The van der Waals surface area contributed by atoms with Gasteiger partial charge in [-0.05, 0) is 48.4 Å². The van der Waals surface area contributed by atoms with Crippen LogP contribution in [0, 0.1) is 0 Å². The summed E-state index contributed by atoms with van der Waals surface area (Å²) in [4.78, 5) is 23.3. The van der Waals surface area contributed by atoms with Crippen LogP contribution in [0.3, 0.4) is 0 Å². The first-order valence-electron chi connectivity index (χ1n) is 7.63. The molecular formula is C20H16O5. The van der Waals surface area contributed by atoms with Crippen LogP contribution < -0.4 is 9.47 Å². The Morgan fingerprint density at radius 3 is 2.60 bits per heavy atom. The lowest BCUT2D eigenvalue weighted by Crippen LogP contribution is -1.99. The van der Waals surface area contributed by atoms with Gasteiger partial charge in [-0.3, -0.25) is 4.79 Å². The summed E-state index contributed by atoms with van der Waals surface area (Å²) >= 11 is 0. The number of ether oxygens (including phenoxy) is 2. The Labute approximate surface area is 144 Å².